The number of alkyl halides is 3. The van der Waals surface area contributed by atoms with Crippen molar-refractivity contribution in [1.29, 1.82) is 0 Å². The number of nitrogens with zero attached hydrogens (tertiary/aromatic N) is 2. The van der Waals surface area contributed by atoms with Crippen molar-refractivity contribution in [3.05, 3.63) is 82.2 Å². The molecule has 5 nitrogen and oxygen atoms in total. The van der Waals surface area contributed by atoms with Crippen LogP contribution in [0.4, 0.5) is 13.2 Å². The molecule has 0 saturated carbocycles. The van der Waals surface area contributed by atoms with Gasteiger partial charge in [0.05, 0.1) is 24.7 Å². The Morgan fingerprint density at radius 1 is 1.27 bits per heavy atom. The van der Waals surface area contributed by atoms with Crippen LogP contribution in [0.1, 0.15) is 18.9 Å². The fraction of sp³-hybridized carbons (Fsp3) is 0.348. The van der Waals surface area contributed by atoms with Gasteiger partial charge in [-0.2, -0.15) is 0 Å². The summed E-state index contributed by atoms with van der Waals surface area (Å²) in [6.07, 6.45) is -0.394. The van der Waals surface area contributed by atoms with Crippen molar-refractivity contribution in [2.75, 3.05) is 25.4 Å². The van der Waals surface area contributed by atoms with E-state index in [4.69, 9.17) is 22.1 Å². The van der Waals surface area contributed by atoms with Crippen LogP contribution >= 0.6 is 23.4 Å². The zero-order chi connectivity index (χ0) is 24.3. The Kier molecular flexibility index (Phi) is 11.1. The molecule has 0 aromatic heterocycles. The molecule has 0 saturated heterocycles. The van der Waals surface area contributed by atoms with E-state index in [9.17, 15) is 13.2 Å². The summed E-state index contributed by atoms with van der Waals surface area (Å²) in [6, 6.07) is 7.45. The summed E-state index contributed by atoms with van der Waals surface area (Å²) in [5.41, 5.74) is 8.19. The van der Waals surface area contributed by atoms with Gasteiger partial charge in [0.2, 0.25) is 0 Å². The number of hydrogen-bond acceptors (Lipinski definition) is 5. The molecule has 0 spiro atoms. The molecule has 2 rings (SSSR count). The van der Waals surface area contributed by atoms with Gasteiger partial charge in [0.1, 0.15) is 11.6 Å². The molecule has 1 aliphatic heterocycles. The fourth-order valence-corrected chi connectivity index (χ4v) is 3.79. The molecule has 1 aromatic rings. The molecule has 1 aromatic carbocycles. The number of ether oxygens (including phenoxy) is 2. The van der Waals surface area contributed by atoms with E-state index < -0.39 is 12.1 Å². The number of nitrogens with two attached hydrogens (primary N) is 1. The largest absolute Gasteiger partial charge is 0.573 e. The Labute approximate surface area is 201 Å². The minimum atomic E-state index is -4.78. The zero-order valence-corrected chi connectivity index (χ0v) is 19.8. The van der Waals surface area contributed by atoms with Crippen molar-refractivity contribution >= 4 is 29.2 Å². The van der Waals surface area contributed by atoms with Crippen LogP contribution in [0.5, 0.6) is 0 Å². The molecular formula is C23H27ClF3N3O2S. The number of halogens is 4. The standard InChI is InChI=1S/C23H27ClF3N3O2S/c1-3-21(32-23(25,26)27)10-5-17(2)29-22-16-33-15-20(30(22)12-4-11-28)14-31-13-18-6-8-19(24)9-7-18/h3,5-10,15H,1,4,11-14,16,28H2,2H3/b17-5+,21-10+,29-22?. The van der Waals surface area contributed by atoms with Gasteiger partial charge >= 0.3 is 6.36 Å². The highest BCUT2D eigenvalue weighted by atomic mass is 35.5. The van der Waals surface area contributed by atoms with Gasteiger partial charge < -0.3 is 20.1 Å². The number of aliphatic imine (C=N–C) groups is 1. The average molecular weight is 502 g/mol. The van der Waals surface area contributed by atoms with E-state index in [0.29, 0.717) is 42.8 Å². The maximum absolute atomic E-state index is 12.4. The molecule has 180 valence electrons. The number of hydrogen-bond donors (Lipinski definition) is 1. The lowest BCUT2D eigenvalue weighted by Crippen LogP contribution is -2.37. The molecule has 0 atom stereocenters. The van der Waals surface area contributed by atoms with E-state index >= 15 is 0 Å². The van der Waals surface area contributed by atoms with Gasteiger partial charge in [-0.15, -0.1) is 24.9 Å². The highest BCUT2D eigenvalue weighted by Crippen LogP contribution is 2.24. The third-order valence-corrected chi connectivity index (χ3v) is 5.45. The summed E-state index contributed by atoms with van der Waals surface area (Å²) in [6.45, 7) is 7.03. The highest BCUT2D eigenvalue weighted by Gasteiger charge is 2.31. The Balaban J connectivity index is 2.11. The van der Waals surface area contributed by atoms with E-state index in [1.165, 1.54) is 12.2 Å². The normalized spacial score (nSPS) is 16.7. The molecule has 0 bridgehead atoms. The molecule has 10 heteroatoms. The minimum absolute atomic E-state index is 0.377. The number of thioether (sulfide) groups is 1. The van der Waals surface area contributed by atoms with Gasteiger partial charge in [-0.1, -0.05) is 30.3 Å². The second-order valence-corrected chi connectivity index (χ2v) is 8.28. The molecule has 0 aliphatic carbocycles. The summed E-state index contributed by atoms with van der Waals surface area (Å²) in [5.74, 6) is 0.990. The first-order valence-electron chi connectivity index (χ1n) is 10.2. The smallest absolute Gasteiger partial charge is 0.406 e. The fourth-order valence-electron chi connectivity index (χ4n) is 2.82. The third-order valence-electron chi connectivity index (χ3n) is 4.34. The van der Waals surface area contributed by atoms with Crippen LogP contribution in [0.25, 0.3) is 0 Å². The number of allylic oxidation sites excluding steroid dienone is 4. The van der Waals surface area contributed by atoms with E-state index in [-0.39, 0.29) is 0 Å². The van der Waals surface area contributed by atoms with E-state index in [0.717, 1.165) is 29.6 Å². The van der Waals surface area contributed by atoms with Crippen LogP contribution in [0.2, 0.25) is 5.02 Å². The number of rotatable bonds is 11. The maximum Gasteiger partial charge on any atom is 0.573 e. The molecule has 1 heterocycles. The second-order valence-electron chi connectivity index (χ2n) is 6.99. The van der Waals surface area contributed by atoms with Crippen LogP contribution < -0.4 is 5.73 Å². The van der Waals surface area contributed by atoms with Crippen molar-refractivity contribution in [2.45, 2.75) is 26.3 Å². The first-order valence-corrected chi connectivity index (χ1v) is 11.6. The molecule has 0 radical (unpaired) electrons. The Hall–Kier alpha value is -2.20. The van der Waals surface area contributed by atoms with Gasteiger partial charge in [0, 0.05) is 17.3 Å². The average Bonchev–Trinajstić information content (AvgIpc) is 2.76. The van der Waals surface area contributed by atoms with E-state index in [1.807, 2.05) is 34.6 Å². The SMILES string of the molecule is C=C/C(=C\C=C(/C)N=C1CSC=C(COCc2ccc(Cl)cc2)N1CCCN)OC(F)(F)F. The van der Waals surface area contributed by atoms with Gasteiger partial charge in [-0.05, 0) is 61.2 Å². The Morgan fingerprint density at radius 2 is 2.00 bits per heavy atom. The molecule has 0 unspecified atom stereocenters. The summed E-state index contributed by atoms with van der Waals surface area (Å²) in [5, 5.41) is 2.70. The topological polar surface area (TPSA) is 60.1 Å². The first kappa shape index (κ1) is 27.0. The molecule has 33 heavy (non-hydrogen) atoms. The minimum Gasteiger partial charge on any atom is -0.406 e. The zero-order valence-electron chi connectivity index (χ0n) is 18.3. The Morgan fingerprint density at radius 3 is 2.64 bits per heavy atom. The highest BCUT2D eigenvalue weighted by molar-refractivity contribution is 8.02. The van der Waals surface area contributed by atoms with Crippen molar-refractivity contribution < 1.29 is 22.6 Å². The predicted molar refractivity (Wildman–Crippen MR) is 129 cm³/mol. The lowest BCUT2D eigenvalue weighted by atomic mass is 10.2. The summed E-state index contributed by atoms with van der Waals surface area (Å²) >= 11 is 7.50. The second kappa shape index (κ2) is 13.5. The van der Waals surface area contributed by atoms with Gasteiger partial charge in [0.25, 0.3) is 0 Å². The van der Waals surface area contributed by atoms with Crippen LogP contribution in [-0.4, -0.2) is 42.5 Å². The predicted octanol–water partition coefficient (Wildman–Crippen LogP) is 6.00. The molecule has 1 aliphatic rings. The van der Waals surface area contributed by atoms with Crippen molar-refractivity contribution in [1.82, 2.24) is 4.90 Å². The molecule has 0 fully saturated rings. The van der Waals surface area contributed by atoms with Gasteiger partial charge in [0.15, 0.2) is 0 Å². The summed E-state index contributed by atoms with van der Waals surface area (Å²) < 4.78 is 47.1. The van der Waals surface area contributed by atoms with Gasteiger partial charge in [-0.25, -0.2) is 4.99 Å². The monoisotopic (exact) mass is 501 g/mol. The summed E-state index contributed by atoms with van der Waals surface area (Å²) in [4.78, 5) is 6.66. The van der Waals surface area contributed by atoms with Gasteiger partial charge in [-0.3, -0.25) is 0 Å². The van der Waals surface area contributed by atoms with Crippen molar-refractivity contribution in [3.63, 3.8) is 0 Å². The maximum atomic E-state index is 12.4. The third kappa shape index (κ3) is 10.1. The van der Waals surface area contributed by atoms with E-state index in [1.54, 1.807) is 18.7 Å². The van der Waals surface area contributed by atoms with Crippen molar-refractivity contribution in [2.24, 2.45) is 10.7 Å². The molecular weight excluding hydrogens is 475 g/mol. The van der Waals surface area contributed by atoms with Crippen LogP contribution in [0.3, 0.4) is 0 Å². The van der Waals surface area contributed by atoms with Crippen LogP contribution in [0.15, 0.2) is 76.6 Å². The molecule has 2 N–H and O–H groups in total. The first-order chi connectivity index (χ1) is 15.7. The molecule has 0 amide bonds. The van der Waals surface area contributed by atoms with E-state index in [2.05, 4.69) is 16.3 Å². The number of benzene rings is 1. The Bertz CT molecular complexity index is 913. The van der Waals surface area contributed by atoms with Crippen LogP contribution in [-0.2, 0) is 16.1 Å². The quantitative estimate of drug-likeness (QED) is 0.297. The lowest BCUT2D eigenvalue weighted by molar-refractivity contribution is -0.303. The van der Waals surface area contributed by atoms with Crippen LogP contribution in [0, 0.1) is 0 Å². The van der Waals surface area contributed by atoms with Crippen molar-refractivity contribution in [3.8, 4) is 0 Å². The summed E-state index contributed by atoms with van der Waals surface area (Å²) in [7, 11) is 0. The number of amidine groups is 1. The lowest BCUT2D eigenvalue weighted by Gasteiger charge is -2.31.